The van der Waals surface area contributed by atoms with Crippen LogP contribution in [0.4, 0.5) is 0 Å². The average Bonchev–Trinajstić information content (AvgIpc) is 3.12. The van der Waals surface area contributed by atoms with Crippen molar-refractivity contribution < 1.29 is 14.7 Å². The van der Waals surface area contributed by atoms with Crippen LogP contribution in [0.3, 0.4) is 0 Å². The molecule has 5 heteroatoms. The number of thioether (sulfide) groups is 1. The maximum atomic E-state index is 12.1. The summed E-state index contributed by atoms with van der Waals surface area (Å²) in [5, 5.41) is 8.85. The second-order valence-corrected chi connectivity index (χ2v) is 6.84. The minimum absolute atomic E-state index is 0.00440. The van der Waals surface area contributed by atoms with Gasteiger partial charge in [-0.1, -0.05) is 12.8 Å². The van der Waals surface area contributed by atoms with Crippen LogP contribution in [0.25, 0.3) is 0 Å². The number of carboxylic acids is 1. The van der Waals surface area contributed by atoms with Gasteiger partial charge in [-0.05, 0) is 36.9 Å². The molecule has 0 aromatic carbocycles. The zero-order chi connectivity index (χ0) is 13.7. The summed E-state index contributed by atoms with van der Waals surface area (Å²) in [5.41, 5.74) is -0.00440. The van der Waals surface area contributed by atoms with Crippen molar-refractivity contribution in [3.8, 4) is 0 Å². The lowest BCUT2D eigenvalue weighted by atomic mass is 10.1. The highest BCUT2D eigenvalue weighted by Gasteiger charge is 2.44. The Morgan fingerprint density at radius 2 is 1.74 bits per heavy atom. The van der Waals surface area contributed by atoms with Crippen LogP contribution in [0.15, 0.2) is 0 Å². The van der Waals surface area contributed by atoms with Gasteiger partial charge >= 0.3 is 5.97 Å². The number of carboxylic acid groups (broad SMARTS) is 1. The van der Waals surface area contributed by atoms with Gasteiger partial charge in [0.25, 0.3) is 0 Å². The molecule has 0 bridgehead atoms. The van der Waals surface area contributed by atoms with Crippen LogP contribution in [0.5, 0.6) is 0 Å². The number of rotatable bonds is 6. The topological polar surface area (TPSA) is 57.6 Å². The third-order valence-electron chi connectivity index (χ3n) is 4.08. The number of hydrogen-bond acceptors (Lipinski definition) is 3. The Morgan fingerprint density at radius 3 is 2.26 bits per heavy atom. The second kappa shape index (κ2) is 6.64. The van der Waals surface area contributed by atoms with E-state index in [1.54, 1.807) is 11.8 Å². The summed E-state index contributed by atoms with van der Waals surface area (Å²) in [5.74, 6) is 0.857. The van der Waals surface area contributed by atoms with Crippen LogP contribution in [0.2, 0.25) is 0 Å². The van der Waals surface area contributed by atoms with Gasteiger partial charge < -0.3 is 10.0 Å². The lowest BCUT2D eigenvalue weighted by molar-refractivity contribution is -0.138. The van der Waals surface area contributed by atoms with Gasteiger partial charge in [-0.25, -0.2) is 0 Å². The molecular weight excluding hydrogens is 262 g/mol. The van der Waals surface area contributed by atoms with E-state index in [0.717, 1.165) is 44.5 Å². The molecule has 1 saturated heterocycles. The van der Waals surface area contributed by atoms with Gasteiger partial charge in [0.05, 0.1) is 12.2 Å². The molecule has 0 aromatic rings. The number of carbonyl (C=O) groups excluding carboxylic acids is 1. The van der Waals surface area contributed by atoms with E-state index in [1.807, 2.05) is 4.90 Å². The summed E-state index contributed by atoms with van der Waals surface area (Å²) >= 11 is 1.62. The Kier molecular flexibility index (Phi) is 5.13. The van der Waals surface area contributed by atoms with Crippen LogP contribution in [-0.2, 0) is 9.59 Å². The minimum Gasteiger partial charge on any atom is -0.481 e. The van der Waals surface area contributed by atoms with E-state index in [1.165, 1.54) is 12.8 Å². The standard InChI is InChI=1S/C14H23NO3S/c16-12(15-7-3-1-2-4-8-15)10-19-11-14(5-6-14)9-13(17)18/h1-11H2,(H,17,18). The highest BCUT2D eigenvalue weighted by atomic mass is 32.2. The predicted octanol–water partition coefficient (Wildman–Crippen LogP) is 2.38. The maximum absolute atomic E-state index is 12.1. The van der Waals surface area contributed by atoms with E-state index in [0.29, 0.717) is 5.75 Å². The Bertz CT molecular complexity index is 334. The van der Waals surface area contributed by atoms with Gasteiger partial charge in [-0.3, -0.25) is 9.59 Å². The van der Waals surface area contributed by atoms with Crippen LogP contribution in [-0.4, -0.2) is 46.5 Å². The van der Waals surface area contributed by atoms with Crippen LogP contribution < -0.4 is 0 Å². The Balaban J connectivity index is 1.67. The molecule has 0 radical (unpaired) electrons. The number of hydrogen-bond donors (Lipinski definition) is 1. The van der Waals surface area contributed by atoms with Crippen molar-refractivity contribution >= 4 is 23.6 Å². The molecule has 1 saturated carbocycles. The molecule has 0 aromatic heterocycles. The summed E-state index contributed by atoms with van der Waals surface area (Å²) in [4.78, 5) is 24.8. The molecule has 1 aliphatic heterocycles. The van der Waals surface area contributed by atoms with E-state index >= 15 is 0 Å². The van der Waals surface area contributed by atoms with Gasteiger partial charge in [0.15, 0.2) is 0 Å². The fraction of sp³-hybridized carbons (Fsp3) is 0.857. The van der Waals surface area contributed by atoms with Crippen molar-refractivity contribution in [2.45, 2.75) is 44.9 Å². The van der Waals surface area contributed by atoms with Crippen molar-refractivity contribution in [3.63, 3.8) is 0 Å². The molecule has 2 rings (SSSR count). The molecule has 0 spiro atoms. The van der Waals surface area contributed by atoms with E-state index in [-0.39, 0.29) is 17.7 Å². The number of carbonyl (C=O) groups is 2. The molecule has 1 heterocycles. The zero-order valence-electron chi connectivity index (χ0n) is 11.4. The summed E-state index contributed by atoms with van der Waals surface area (Å²) < 4.78 is 0. The van der Waals surface area contributed by atoms with Crippen molar-refractivity contribution in [1.82, 2.24) is 4.90 Å². The SMILES string of the molecule is O=C(O)CC1(CSCC(=O)N2CCCCCC2)CC1. The number of amides is 1. The van der Waals surface area contributed by atoms with E-state index in [4.69, 9.17) is 5.11 Å². The Hall–Kier alpha value is -0.710. The third kappa shape index (κ3) is 4.71. The fourth-order valence-corrected chi connectivity index (χ4v) is 3.92. The van der Waals surface area contributed by atoms with Crippen LogP contribution in [0.1, 0.15) is 44.9 Å². The largest absolute Gasteiger partial charge is 0.481 e. The fourth-order valence-electron chi connectivity index (χ4n) is 2.64. The van der Waals surface area contributed by atoms with Gasteiger partial charge in [0.1, 0.15) is 0 Å². The first kappa shape index (κ1) is 14.7. The molecule has 0 atom stereocenters. The molecule has 1 N–H and O–H groups in total. The summed E-state index contributed by atoms with van der Waals surface area (Å²) in [6.07, 6.45) is 6.99. The predicted molar refractivity (Wildman–Crippen MR) is 76.3 cm³/mol. The van der Waals surface area contributed by atoms with Gasteiger partial charge in [0, 0.05) is 13.1 Å². The molecule has 1 aliphatic carbocycles. The molecule has 4 nitrogen and oxygen atoms in total. The van der Waals surface area contributed by atoms with Gasteiger partial charge in [-0.2, -0.15) is 11.8 Å². The number of nitrogens with zero attached hydrogens (tertiary/aromatic N) is 1. The third-order valence-corrected chi connectivity index (χ3v) is 5.34. The number of aliphatic carboxylic acids is 1. The van der Waals surface area contributed by atoms with Crippen LogP contribution >= 0.6 is 11.8 Å². The monoisotopic (exact) mass is 285 g/mol. The minimum atomic E-state index is -0.711. The van der Waals surface area contributed by atoms with Gasteiger partial charge in [0.2, 0.25) is 5.91 Å². The smallest absolute Gasteiger partial charge is 0.303 e. The first-order valence-electron chi connectivity index (χ1n) is 7.19. The summed E-state index contributed by atoms with van der Waals surface area (Å²) in [7, 11) is 0. The lowest BCUT2D eigenvalue weighted by Gasteiger charge is -2.20. The molecule has 2 fully saturated rings. The zero-order valence-corrected chi connectivity index (χ0v) is 12.2. The van der Waals surface area contributed by atoms with Crippen molar-refractivity contribution in [1.29, 1.82) is 0 Å². The van der Waals surface area contributed by atoms with E-state index < -0.39 is 5.97 Å². The first-order chi connectivity index (χ1) is 9.11. The van der Waals surface area contributed by atoms with E-state index in [9.17, 15) is 9.59 Å². The Labute approximate surface area is 118 Å². The summed E-state index contributed by atoms with van der Waals surface area (Å²) in [6, 6.07) is 0. The van der Waals surface area contributed by atoms with E-state index in [2.05, 4.69) is 0 Å². The molecule has 108 valence electrons. The molecule has 2 aliphatic rings. The molecule has 19 heavy (non-hydrogen) atoms. The van der Waals surface area contributed by atoms with Crippen molar-refractivity contribution in [2.75, 3.05) is 24.6 Å². The van der Waals surface area contributed by atoms with Crippen molar-refractivity contribution in [2.24, 2.45) is 5.41 Å². The maximum Gasteiger partial charge on any atom is 0.303 e. The van der Waals surface area contributed by atoms with Crippen molar-refractivity contribution in [3.05, 3.63) is 0 Å². The normalized spacial score (nSPS) is 21.8. The lowest BCUT2D eigenvalue weighted by Crippen LogP contribution is -2.33. The first-order valence-corrected chi connectivity index (χ1v) is 8.34. The Morgan fingerprint density at radius 1 is 1.11 bits per heavy atom. The quantitative estimate of drug-likeness (QED) is 0.814. The molecule has 1 amide bonds. The highest BCUT2D eigenvalue weighted by Crippen LogP contribution is 2.50. The van der Waals surface area contributed by atoms with Gasteiger partial charge in [-0.15, -0.1) is 0 Å². The molecule has 0 unspecified atom stereocenters. The molecular formula is C14H23NO3S. The highest BCUT2D eigenvalue weighted by molar-refractivity contribution is 7.99. The summed E-state index contributed by atoms with van der Waals surface area (Å²) in [6.45, 7) is 1.80. The van der Waals surface area contributed by atoms with Crippen LogP contribution in [0, 0.1) is 5.41 Å². The number of likely N-dealkylation sites (tertiary alicyclic amines) is 1. The average molecular weight is 285 g/mol. The second-order valence-electron chi connectivity index (χ2n) is 5.86.